The molecule has 1 fully saturated rings. The number of hydrogen-bond donors (Lipinski definition) is 0. The second-order valence-corrected chi connectivity index (χ2v) is 11.2. The zero-order chi connectivity index (χ0) is 23.9. The van der Waals surface area contributed by atoms with Crippen LogP contribution in [0.1, 0.15) is 66.4 Å². The number of anilines is 1. The van der Waals surface area contributed by atoms with Crippen LogP contribution in [0.5, 0.6) is 5.75 Å². The molecule has 0 spiro atoms. The molecule has 4 rings (SSSR count). The van der Waals surface area contributed by atoms with Gasteiger partial charge in [-0.15, -0.1) is 0 Å². The molecule has 2 aromatic carbocycles. The van der Waals surface area contributed by atoms with Crippen molar-refractivity contribution in [1.82, 2.24) is 5.06 Å². The van der Waals surface area contributed by atoms with Crippen LogP contribution in [-0.4, -0.2) is 41.6 Å². The molecule has 178 valence electrons. The van der Waals surface area contributed by atoms with E-state index in [1.807, 2.05) is 18.2 Å². The maximum absolute atomic E-state index is 6.70. The molecule has 5 heteroatoms. The summed E-state index contributed by atoms with van der Waals surface area (Å²) in [4.78, 5) is 6.70. The number of benzene rings is 2. The minimum atomic E-state index is -0.214. The topological polar surface area (TPSA) is 37.3 Å². The SMILES string of the molecule is COc1ccc(C2=NN(c3ccccc3)C(CON3C(C)(C)CCCC3(C)C)C2(C)C)cc1. The summed E-state index contributed by atoms with van der Waals surface area (Å²) in [6.07, 6.45) is 3.51. The van der Waals surface area contributed by atoms with Crippen LogP contribution < -0.4 is 9.75 Å². The van der Waals surface area contributed by atoms with Gasteiger partial charge in [-0.2, -0.15) is 10.2 Å². The number of hydrogen-bond acceptors (Lipinski definition) is 5. The Bertz CT molecular complexity index is 964. The molecule has 5 nitrogen and oxygen atoms in total. The fourth-order valence-electron chi connectivity index (χ4n) is 5.52. The van der Waals surface area contributed by atoms with E-state index in [4.69, 9.17) is 14.7 Å². The van der Waals surface area contributed by atoms with Crippen molar-refractivity contribution in [2.24, 2.45) is 10.5 Å². The van der Waals surface area contributed by atoms with Crippen molar-refractivity contribution in [3.63, 3.8) is 0 Å². The van der Waals surface area contributed by atoms with Crippen molar-refractivity contribution in [2.75, 3.05) is 18.7 Å². The van der Waals surface area contributed by atoms with Gasteiger partial charge < -0.3 is 4.74 Å². The number of rotatable bonds is 6. The standard InChI is InChI=1S/C28H39N3O2/c1-26(2)18-11-19-27(3,4)31(26)33-20-24-28(5,6)25(21-14-16-23(32-7)17-15-21)29-30(24)22-12-9-8-10-13-22/h8-10,12-17,24H,11,18-20H2,1-7H3. The van der Waals surface area contributed by atoms with Crippen LogP contribution in [0.3, 0.4) is 0 Å². The van der Waals surface area contributed by atoms with Crippen LogP contribution >= 0.6 is 0 Å². The van der Waals surface area contributed by atoms with Crippen molar-refractivity contribution in [2.45, 2.75) is 77.9 Å². The van der Waals surface area contributed by atoms with Gasteiger partial charge in [0.1, 0.15) is 5.75 Å². The Balaban J connectivity index is 1.66. The molecular weight excluding hydrogens is 410 g/mol. The highest BCUT2D eigenvalue weighted by atomic mass is 16.7. The van der Waals surface area contributed by atoms with Gasteiger partial charge in [-0.25, -0.2) is 0 Å². The van der Waals surface area contributed by atoms with Crippen molar-refractivity contribution in [3.05, 3.63) is 60.2 Å². The first-order valence-electron chi connectivity index (χ1n) is 12.1. The van der Waals surface area contributed by atoms with Crippen molar-refractivity contribution >= 4 is 11.4 Å². The van der Waals surface area contributed by atoms with E-state index >= 15 is 0 Å². The lowest BCUT2D eigenvalue weighted by Gasteiger charge is -2.52. The van der Waals surface area contributed by atoms with E-state index in [0.717, 1.165) is 35.6 Å². The summed E-state index contributed by atoms with van der Waals surface area (Å²) in [5.41, 5.74) is 3.06. The second kappa shape index (κ2) is 8.77. The first-order valence-corrected chi connectivity index (χ1v) is 12.1. The first kappa shape index (κ1) is 23.8. The van der Waals surface area contributed by atoms with E-state index in [0.29, 0.717) is 6.61 Å². The molecule has 1 atom stereocenters. The largest absolute Gasteiger partial charge is 0.497 e. The van der Waals surface area contributed by atoms with Crippen LogP contribution in [0.25, 0.3) is 0 Å². The number of hydrazone groups is 1. The second-order valence-electron chi connectivity index (χ2n) is 11.2. The number of methoxy groups -OCH3 is 1. The molecule has 0 saturated carbocycles. The van der Waals surface area contributed by atoms with Gasteiger partial charge in [0.05, 0.1) is 31.2 Å². The third-order valence-corrected chi connectivity index (χ3v) is 7.37. The van der Waals surface area contributed by atoms with Crippen LogP contribution in [-0.2, 0) is 4.84 Å². The third kappa shape index (κ3) is 4.53. The zero-order valence-electron chi connectivity index (χ0n) is 21.3. The Hall–Kier alpha value is -2.37. The lowest BCUT2D eigenvalue weighted by Crippen LogP contribution is -2.59. The molecule has 1 unspecified atom stereocenters. The van der Waals surface area contributed by atoms with Gasteiger partial charge in [-0.3, -0.25) is 9.85 Å². The zero-order valence-corrected chi connectivity index (χ0v) is 21.3. The summed E-state index contributed by atoms with van der Waals surface area (Å²) >= 11 is 0. The minimum absolute atomic E-state index is 0.00173. The van der Waals surface area contributed by atoms with Crippen LogP contribution in [0, 0.1) is 5.41 Å². The molecule has 0 aromatic heterocycles. The van der Waals surface area contributed by atoms with Crippen molar-refractivity contribution in [1.29, 1.82) is 0 Å². The molecule has 2 aliphatic heterocycles. The van der Waals surface area contributed by atoms with E-state index in [1.54, 1.807) is 7.11 Å². The van der Waals surface area contributed by atoms with E-state index in [1.165, 1.54) is 6.42 Å². The smallest absolute Gasteiger partial charge is 0.118 e. The molecule has 2 aliphatic rings. The lowest BCUT2D eigenvalue weighted by molar-refractivity contribution is -0.284. The molecule has 0 N–H and O–H groups in total. The summed E-state index contributed by atoms with van der Waals surface area (Å²) in [6.45, 7) is 14.3. The highest BCUT2D eigenvalue weighted by Gasteiger charge is 2.48. The summed E-state index contributed by atoms with van der Waals surface area (Å²) in [5.74, 6) is 0.851. The van der Waals surface area contributed by atoms with Crippen LogP contribution in [0.4, 0.5) is 5.69 Å². The summed E-state index contributed by atoms with van der Waals surface area (Å²) < 4.78 is 5.36. The lowest BCUT2D eigenvalue weighted by atomic mass is 9.78. The van der Waals surface area contributed by atoms with Crippen molar-refractivity contribution < 1.29 is 9.57 Å². The first-order chi connectivity index (χ1) is 15.6. The minimum Gasteiger partial charge on any atom is -0.497 e. The molecule has 0 bridgehead atoms. The van der Waals surface area contributed by atoms with Gasteiger partial charge in [0, 0.05) is 16.5 Å². The summed E-state index contributed by atoms with van der Waals surface area (Å²) in [6, 6.07) is 18.7. The van der Waals surface area contributed by atoms with Gasteiger partial charge in [-0.1, -0.05) is 32.0 Å². The molecule has 0 amide bonds. The Morgan fingerprint density at radius 3 is 2.06 bits per heavy atom. The molecule has 2 aromatic rings. The van der Waals surface area contributed by atoms with Gasteiger partial charge in [0.15, 0.2) is 0 Å². The maximum atomic E-state index is 6.70. The van der Waals surface area contributed by atoms with Gasteiger partial charge >= 0.3 is 0 Å². The van der Waals surface area contributed by atoms with E-state index < -0.39 is 0 Å². The monoisotopic (exact) mass is 449 g/mol. The van der Waals surface area contributed by atoms with Gasteiger partial charge in [0.2, 0.25) is 0 Å². The predicted octanol–water partition coefficient (Wildman–Crippen LogP) is 6.29. The highest BCUT2D eigenvalue weighted by molar-refractivity contribution is 6.07. The Kier molecular flexibility index (Phi) is 6.32. The number of para-hydroxylation sites is 1. The molecule has 2 heterocycles. The van der Waals surface area contributed by atoms with Crippen molar-refractivity contribution in [3.8, 4) is 5.75 Å². The fourth-order valence-corrected chi connectivity index (χ4v) is 5.52. The quantitative estimate of drug-likeness (QED) is 0.519. The van der Waals surface area contributed by atoms with E-state index in [-0.39, 0.29) is 22.5 Å². The molecule has 1 saturated heterocycles. The Morgan fingerprint density at radius 1 is 0.879 bits per heavy atom. The van der Waals surface area contributed by atoms with E-state index in [2.05, 4.69) is 88.0 Å². The number of nitrogens with zero attached hydrogens (tertiary/aromatic N) is 3. The summed E-state index contributed by atoms with van der Waals surface area (Å²) in [5, 5.41) is 9.58. The average molecular weight is 450 g/mol. The van der Waals surface area contributed by atoms with Gasteiger partial charge in [0.25, 0.3) is 0 Å². The normalized spacial score (nSPS) is 23.9. The average Bonchev–Trinajstić information content (AvgIpc) is 3.03. The van der Waals surface area contributed by atoms with Gasteiger partial charge in [-0.05, 0) is 88.9 Å². The van der Waals surface area contributed by atoms with Crippen LogP contribution in [0.2, 0.25) is 0 Å². The molecule has 0 aliphatic carbocycles. The Morgan fingerprint density at radius 2 is 1.48 bits per heavy atom. The predicted molar refractivity (Wildman–Crippen MR) is 136 cm³/mol. The number of ether oxygens (including phenoxy) is 1. The Labute approximate surface area is 199 Å². The van der Waals surface area contributed by atoms with Crippen LogP contribution in [0.15, 0.2) is 59.7 Å². The fraction of sp³-hybridized carbons (Fsp3) is 0.536. The molecule has 33 heavy (non-hydrogen) atoms. The maximum Gasteiger partial charge on any atom is 0.118 e. The highest BCUT2D eigenvalue weighted by Crippen LogP contribution is 2.42. The number of hydroxylamine groups is 2. The molecule has 0 radical (unpaired) electrons. The third-order valence-electron chi connectivity index (χ3n) is 7.37. The molecular formula is C28H39N3O2. The van der Waals surface area contributed by atoms with E-state index in [9.17, 15) is 0 Å². The summed E-state index contributed by atoms with van der Waals surface area (Å²) in [7, 11) is 1.69. The number of piperidine rings is 1.